The van der Waals surface area contributed by atoms with Gasteiger partial charge in [-0.25, -0.2) is 9.78 Å². The second-order valence-corrected chi connectivity index (χ2v) is 7.31. The van der Waals surface area contributed by atoms with Gasteiger partial charge in [-0.1, -0.05) is 49.9 Å². The molecule has 0 aliphatic rings. The van der Waals surface area contributed by atoms with Crippen LogP contribution < -0.4 is 4.74 Å². The number of rotatable bonds is 7. The fourth-order valence-electron chi connectivity index (χ4n) is 2.27. The Bertz CT molecular complexity index is 718. The number of carbonyl (C=O) groups is 1. The van der Waals surface area contributed by atoms with Crippen LogP contribution in [0.5, 0.6) is 5.75 Å². The number of hydrogen-bond donors (Lipinski definition) is 1. The first-order valence-corrected chi connectivity index (χ1v) is 9.27. The normalized spacial score (nSPS) is 11.1. The summed E-state index contributed by atoms with van der Waals surface area (Å²) in [7, 11) is 0. The Balaban J connectivity index is 2.29. The fraction of sp³-hybridized carbons (Fsp3) is 0.412. The van der Waals surface area contributed by atoms with Crippen LogP contribution in [0.4, 0.5) is 0 Å². The van der Waals surface area contributed by atoms with Crippen LogP contribution in [0, 0.1) is 12.8 Å². The van der Waals surface area contributed by atoms with E-state index in [2.05, 4.69) is 18.8 Å². The van der Waals surface area contributed by atoms with E-state index in [0.717, 1.165) is 24.2 Å². The third-order valence-corrected chi connectivity index (χ3v) is 5.61. The van der Waals surface area contributed by atoms with Gasteiger partial charge < -0.3 is 9.84 Å². The standard InChI is InChI=1S/C17H19Cl2NO3S/c1-4-10(5-2)8-23-14-12(18)6-11(7-13(14)19)16-20-9(3)15(24-16)17(21)22/h6-7,10H,4-5,8H2,1-3H3,(H,21,22). The molecule has 24 heavy (non-hydrogen) atoms. The first-order valence-electron chi connectivity index (χ1n) is 7.70. The second-order valence-electron chi connectivity index (χ2n) is 5.50. The van der Waals surface area contributed by atoms with Crippen LogP contribution in [-0.2, 0) is 0 Å². The maximum absolute atomic E-state index is 11.2. The maximum Gasteiger partial charge on any atom is 0.347 e. The highest BCUT2D eigenvalue weighted by Gasteiger charge is 2.18. The molecule has 0 aliphatic carbocycles. The molecule has 1 heterocycles. The zero-order valence-electron chi connectivity index (χ0n) is 13.7. The molecule has 4 nitrogen and oxygen atoms in total. The Morgan fingerprint density at radius 3 is 2.33 bits per heavy atom. The molecule has 7 heteroatoms. The number of halogens is 2. The Kier molecular flexibility index (Phi) is 6.49. The predicted molar refractivity (Wildman–Crippen MR) is 98.8 cm³/mol. The van der Waals surface area contributed by atoms with Gasteiger partial charge in [0.05, 0.1) is 22.3 Å². The first-order chi connectivity index (χ1) is 11.4. The van der Waals surface area contributed by atoms with Crippen LogP contribution >= 0.6 is 34.5 Å². The van der Waals surface area contributed by atoms with E-state index in [-0.39, 0.29) is 4.88 Å². The highest BCUT2D eigenvalue weighted by molar-refractivity contribution is 7.17. The molecule has 0 radical (unpaired) electrons. The van der Waals surface area contributed by atoms with Gasteiger partial charge >= 0.3 is 5.97 Å². The molecule has 0 saturated carbocycles. The molecule has 0 fully saturated rings. The number of aromatic nitrogens is 1. The molecular weight excluding hydrogens is 369 g/mol. The van der Waals surface area contributed by atoms with Gasteiger partial charge in [-0.05, 0) is 25.0 Å². The van der Waals surface area contributed by atoms with Gasteiger partial charge in [-0.15, -0.1) is 11.3 Å². The second kappa shape index (κ2) is 8.19. The zero-order valence-corrected chi connectivity index (χ0v) is 16.1. The van der Waals surface area contributed by atoms with Crippen molar-refractivity contribution in [3.8, 4) is 16.3 Å². The van der Waals surface area contributed by atoms with E-state index < -0.39 is 5.97 Å². The summed E-state index contributed by atoms with van der Waals surface area (Å²) < 4.78 is 5.79. The average molecular weight is 388 g/mol. The summed E-state index contributed by atoms with van der Waals surface area (Å²) in [6, 6.07) is 3.42. The quantitative estimate of drug-likeness (QED) is 0.638. The lowest BCUT2D eigenvalue weighted by Crippen LogP contribution is -2.10. The van der Waals surface area contributed by atoms with Crippen molar-refractivity contribution < 1.29 is 14.6 Å². The molecule has 2 rings (SSSR count). The van der Waals surface area contributed by atoms with Crippen LogP contribution in [0.15, 0.2) is 12.1 Å². The summed E-state index contributed by atoms with van der Waals surface area (Å²) in [6.07, 6.45) is 2.06. The molecule has 2 aromatic rings. The smallest absolute Gasteiger partial charge is 0.347 e. The van der Waals surface area contributed by atoms with E-state index in [1.54, 1.807) is 19.1 Å². The van der Waals surface area contributed by atoms with Gasteiger partial charge in [0, 0.05) is 5.56 Å². The summed E-state index contributed by atoms with van der Waals surface area (Å²) in [4.78, 5) is 15.7. The first kappa shape index (κ1) is 19.0. The third-order valence-electron chi connectivity index (χ3n) is 3.85. The lowest BCUT2D eigenvalue weighted by molar-refractivity contribution is 0.0701. The molecule has 0 aliphatic heterocycles. The van der Waals surface area contributed by atoms with Crippen molar-refractivity contribution in [1.82, 2.24) is 4.98 Å². The largest absolute Gasteiger partial charge is 0.490 e. The number of carboxylic acid groups (broad SMARTS) is 1. The highest BCUT2D eigenvalue weighted by atomic mass is 35.5. The SMILES string of the molecule is CCC(CC)COc1c(Cl)cc(-c2nc(C)c(C(=O)O)s2)cc1Cl. The maximum atomic E-state index is 11.2. The van der Waals surface area contributed by atoms with E-state index >= 15 is 0 Å². The van der Waals surface area contributed by atoms with E-state index in [0.29, 0.717) is 44.6 Å². The van der Waals surface area contributed by atoms with Gasteiger partial charge in [0.15, 0.2) is 5.75 Å². The average Bonchev–Trinajstić information content (AvgIpc) is 2.92. The Morgan fingerprint density at radius 1 is 1.29 bits per heavy atom. The number of benzene rings is 1. The molecule has 0 unspecified atom stereocenters. The molecule has 1 N–H and O–H groups in total. The van der Waals surface area contributed by atoms with Crippen molar-refractivity contribution in [3.05, 3.63) is 32.7 Å². The lowest BCUT2D eigenvalue weighted by Gasteiger charge is -2.16. The van der Waals surface area contributed by atoms with Gasteiger partial charge in [-0.3, -0.25) is 0 Å². The number of carboxylic acids is 1. The van der Waals surface area contributed by atoms with Crippen molar-refractivity contribution in [2.24, 2.45) is 5.92 Å². The van der Waals surface area contributed by atoms with Crippen LogP contribution in [-0.4, -0.2) is 22.7 Å². The van der Waals surface area contributed by atoms with Crippen molar-refractivity contribution in [1.29, 1.82) is 0 Å². The van der Waals surface area contributed by atoms with Crippen molar-refractivity contribution in [2.75, 3.05) is 6.61 Å². The van der Waals surface area contributed by atoms with E-state index in [9.17, 15) is 4.79 Å². The van der Waals surface area contributed by atoms with Gasteiger partial charge in [0.25, 0.3) is 0 Å². The molecule has 1 aromatic carbocycles. The number of aryl methyl sites for hydroxylation is 1. The van der Waals surface area contributed by atoms with Crippen LogP contribution in [0.2, 0.25) is 10.0 Å². The summed E-state index contributed by atoms with van der Waals surface area (Å²) >= 11 is 13.7. The topological polar surface area (TPSA) is 59.4 Å². The van der Waals surface area contributed by atoms with E-state index in [1.165, 1.54) is 0 Å². The van der Waals surface area contributed by atoms with Gasteiger partial charge in [0.2, 0.25) is 0 Å². The lowest BCUT2D eigenvalue weighted by atomic mass is 10.1. The number of ether oxygens (including phenoxy) is 1. The summed E-state index contributed by atoms with van der Waals surface area (Å²) in [5.41, 5.74) is 1.16. The van der Waals surface area contributed by atoms with Crippen LogP contribution in [0.3, 0.4) is 0 Å². The van der Waals surface area contributed by atoms with E-state index in [1.807, 2.05) is 0 Å². The van der Waals surface area contributed by atoms with Crippen molar-refractivity contribution >= 4 is 40.5 Å². The Hall–Kier alpha value is -1.30. The predicted octanol–water partition coefficient (Wildman–Crippen LogP) is 5.94. The summed E-state index contributed by atoms with van der Waals surface area (Å²) in [5.74, 6) is -0.0733. The van der Waals surface area contributed by atoms with Crippen LogP contribution in [0.25, 0.3) is 10.6 Å². The van der Waals surface area contributed by atoms with Gasteiger partial charge in [-0.2, -0.15) is 0 Å². The number of nitrogens with zero attached hydrogens (tertiary/aromatic N) is 1. The minimum Gasteiger partial charge on any atom is -0.490 e. The summed E-state index contributed by atoms with van der Waals surface area (Å²) in [6.45, 7) is 6.47. The number of aromatic carboxylic acids is 1. The van der Waals surface area contributed by atoms with E-state index in [4.69, 9.17) is 33.0 Å². The zero-order chi connectivity index (χ0) is 17.9. The minimum absolute atomic E-state index is 0.214. The molecule has 0 bridgehead atoms. The number of thiazole rings is 1. The third kappa shape index (κ3) is 4.21. The molecular formula is C17H19Cl2NO3S. The summed E-state index contributed by atoms with van der Waals surface area (Å²) in [5, 5.41) is 10.5. The van der Waals surface area contributed by atoms with Crippen molar-refractivity contribution in [3.63, 3.8) is 0 Å². The monoisotopic (exact) mass is 387 g/mol. The minimum atomic E-state index is -0.987. The molecule has 0 amide bonds. The molecule has 130 valence electrons. The van der Waals surface area contributed by atoms with Crippen molar-refractivity contribution in [2.45, 2.75) is 33.6 Å². The molecule has 1 aromatic heterocycles. The van der Waals surface area contributed by atoms with Gasteiger partial charge in [0.1, 0.15) is 9.88 Å². The fourth-order valence-corrected chi connectivity index (χ4v) is 3.75. The molecule has 0 atom stereocenters. The molecule has 0 saturated heterocycles. The highest BCUT2D eigenvalue weighted by Crippen LogP contribution is 2.39. The Morgan fingerprint density at radius 2 is 1.88 bits per heavy atom. The Labute approximate surface area is 155 Å². The number of hydrogen-bond acceptors (Lipinski definition) is 4. The molecule has 0 spiro atoms. The van der Waals surface area contributed by atoms with Crippen LogP contribution in [0.1, 0.15) is 42.1 Å².